The molecule has 0 spiro atoms. The molecule has 4 nitrogen and oxygen atoms in total. The average Bonchev–Trinajstić information content (AvgIpc) is 2.30. The second-order valence-corrected chi connectivity index (χ2v) is 3.40. The minimum Gasteiger partial charge on any atom is -0.339 e. The fourth-order valence-corrected chi connectivity index (χ4v) is 1.23. The Bertz CT molecular complexity index is 349. The molecule has 0 aromatic heterocycles. The third-order valence-electron chi connectivity index (χ3n) is 2.05. The van der Waals surface area contributed by atoms with Crippen LogP contribution in [0.4, 0.5) is 0 Å². The van der Waals surface area contributed by atoms with Gasteiger partial charge in [-0.05, 0) is 18.6 Å². The van der Waals surface area contributed by atoms with Gasteiger partial charge in [0, 0.05) is 12.0 Å². The number of carbonyl (C=O) groups excluding carboxylic acids is 2. The molecule has 0 heterocycles. The molecule has 0 aliphatic heterocycles. The zero-order valence-corrected chi connectivity index (χ0v) is 9.32. The van der Waals surface area contributed by atoms with Crippen LogP contribution in [0.25, 0.3) is 0 Å². The summed E-state index contributed by atoms with van der Waals surface area (Å²) >= 11 is 0. The number of nitrogens with one attached hydrogen (secondary N) is 2. The summed E-state index contributed by atoms with van der Waals surface area (Å²) in [4.78, 5) is 22.6. The first-order valence-corrected chi connectivity index (χ1v) is 5.34. The van der Waals surface area contributed by atoms with Gasteiger partial charge in [0.05, 0.1) is 6.67 Å². The maximum Gasteiger partial charge on any atom is 0.252 e. The maximum absolute atomic E-state index is 11.5. The lowest BCUT2D eigenvalue weighted by atomic mass is 10.2. The van der Waals surface area contributed by atoms with Gasteiger partial charge in [0.25, 0.3) is 5.91 Å². The van der Waals surface area contributed by atoms with Gasteiger partial charge in [0.15, 0.2) is 0 Å². The summed E-state index contributed by atoms with van der Waals surface area (Å²) in [6.07, 6.45) is 1.29. The van der Waals surface area contributed by atoms with Crippen molar-refractivity contribution in [2.75, 3.05) is 6.67 Å². The highest BCUT2D eigenvalue weighted by Gasteiger charge is 2.03. The van der Waals surface area contributed by atoms with E-state index in [4.69, 9.17) is 0 Å². The fraction of sp³-hybridized carbons (Fsp3) is 0.333. The molecular formula is C12H16N2O2. The summed E-state index contributed by atoms with van der Waals surface area (Å²) in [5.74, 6) is -0.228. The molecule has 2 N–H and O–H groups in total. The van der Waals surface area contributed by atoms with Crippen LogP contribution in [-0.2, 0) is 4.79 Å². The van der Waals surface area contributed by atoms with Gasteiger partial charge in [-0.3, -0.25) is 9.59 Å². The van der Waals surface area contributed by atoms with Crippen LogP contribution in [0.2, 0.25) is 0 Å². The Morgan fingerprint density at radius 3 is 2.44 bits per heavy atom. The van der Waals surface area contributed by atoms with Crippen LogP contribution in [0, 0.1) is 0 Å². The first-order valence-electron chi connectivity index (χ1n) is 5.34. The van der Waals surface area contributed by atoms with Crippen molar-refractivity contribution in [3.05, 3.63) is 35.9 Å². The van der Waals surface area contributed by atoms with Gasteiger partial charge >= 0.3 is 0 Å². The van der Waals surface area contributed by atoms with Crippen LogP contribution >= 0.6 is 0 Å². The van der Waals surface area contributed by atoms with Crippen LogP contribution < -0.4 is 10.6 Å². The van der Waals surface area contributed by atoms with E-state index in [1.165, 1.54) is 0 Å². The number of carbonyl (C=O) groups is 2. The number of rotatable bonds is 5. The normalized spacial score (nSPS) is 9.56. The average molecular weight is 220 g/mol. The molecule has 1 aromatic rings. The molecule has 0 aliphatic rings. The highest BCUT2D eigenvalue weighted by atomic mass is 16.2. The third-order valence-corrected chi connectivity index (χ3v) is 2.05. The molecule has 16 heavy (non-hydrogen) atoms. The van der Waals surface area contributed by atoms with Gasteiger partial charge in [-0.15, -0.1) is 0 Å². The lowest BCUT2D eigenvalue weighted by Crippen LogP contribution is -2.37. The summed E-state index contributed by atoms with van der Waals surface area (Å²) in [6.45, 7) is 2.11. The molecule has 0 unspecified atom stereocenters. The Morgan fingerprint density at radius 2 is 1.81 bits per heavy atom. The Hall–Kier alpha value is -1.84. The van der Waals surface area contributed by atoms with Crippen LogP contribution in [-0.4, -0.2) is 18.5 Å². The number of benzene rings is 1. The Morgan fingerprint density at radius 1 is 1.12 bits per heavy atom. The minimum absolute atomic E-state index is 0.0455. The first kappa shape index (κ1) is 12.2. The topological polar surface area (TPSA) is 58.2 Å². The molecule has 0 saturated carbocycles. The standard InChI is InChI=1S/C12H16N2O2/c1-2-6-11(15)13-9-14-12(16)10-7-4-3-5-8-10/h3-5,7-8H,2,6,9H2,1H3,(H,13,15)(H,14,16). The van der Waals surface area contributed by atoms with Gasteiger partial charge in [-0.25, -0.2) is 0 Å². The van der Waals surface area contributed by atoms with Crippen LogP contribution in [0.1, 0.15) is 30.1 Å². The molecule has 0 aliphatic carbocycles. The monoisotopic (exact) mass is 220 g/mol. The SMILES string of the molecule is CCCC(=O)NCNC(=O)c1ccccc1. The van der Waals surface area contributed by atoms with Crippen molar-refractivity contribution >= 4 is 11.8 Å². The summed E-state index contributed by atoms with van der Waals surface area (Å²) in [7, 11) is 0. The van der Waals surface area contributed by atoms with Crippen molar-refractivity contribution in [3.63, 3.8) is 0 Å². The highest BCUT2D eigenvalue weighted by Crippen LogP contribution is 1.96. The largest absolute Gasteiger partial charge is 0.339 e. The summed E-state index contributed by atoms with van der Waals surface area (Å²) in [6, 6.07) is 8.89. The maximum atomic E-state index is 11.5. The molecule has 0 fully saturated rings. The number of hydrogen-bond donors (Lipinski definition) is 2. The molecular weight excluding hydrogens is 204 g/mol. The van der Waals surface area contributed by atoms with Crippen LogP contribution in [0.3, 0.4) is 0 Å². The second-order valence-electron chi connectivity index (χ2n) is 3.40. The Kier molecular flexibility index (Phi) is 5.05. The molecule has 86 valence electrons. The smallest absolute Gasteiger partial charge is 0.252 e. The summed E-state index contributed by atoms with van der Waals surface area (Å²) in [5, 5.41) is 5.23. The molecule has 0 radical (unpaired) electrons. The highest BCUT2D eigenvalue weighted by molar-refractivity contribution is 5.94. The van der Waals surface area contributed by atoms with Crippen molar-refractivity contribution < 1.29 is 9.59 Å². The lowest BCUT2D eigenvalue weighted by molar-refractivity contribution is -0.121. The van der Waals surface area contributed by atoms with E-state index in [0.717, 1.165) is 6.42 Å². The predicted molar refractivity (Wildman–Crippen MR) is 61.8 cm³/mol. The van der Waals surface area contributed by atoms with Gasteiger partial charge in [0.1, 0.15) is 0 Å². The van der Waals surface area contributed by atoms with Crippen molar-refractivity contribution in [3.8, 4) is 0 Å². The van der Waals surface area contributed by atoms with E-state index in [1.807, 2.05) is 13.0 Å². The second kappa shape index (κ2) is 6.61. The van der Waals surface area contributed by atoms with Crippen molar-refractivity contribution in [1.82, 2.24) is 10.6 Å². The minimum atomic E-state index is -0.183. The zero-order chi connectivity index (χ0) is 11.8. The van der Waals surface area contributed by atoms with Gasteiger partial charge in [-0.2, -0.15) is 0 Å². The number of amides is 2. The molecule has 1 rings (SSSR count). The zero-order valence-electron chi connectivity index (χ0n) is 9.32. The summed E-state index contributed by atoms with van der Waals surface area (Å²) < 4.78 is 0. The summed E-state index contributed by atoms with van der Waals surface area (Å²) in [5.41, 5.74) is 0.590. The van der Waals surface area contributed by atoms with Crippen LogP contribution in [0.5, 0.6) is 0 Å². The lowest BCUT2D eigenvalue weighted by Gasteiger charge is -2.06. The van der Waals surface area contributed by atoms with Crippen molar-refractivity contribution in [2.24, 2.45) is 0 Å². The van der Waals surface area contributed by atoms with E-state index < -0.39 is 0 Å². The molecule has 0 saturated heterocycles. The first-order chi connectivity index (χ1) is 7.74. The van der Waals surface area contributed by atoms with Gasteiger partial charge in [-0.1, -0.05) is 25.1 Å². The van der Waals surface area contributed by atoms with E-state index in [2.05, 4.69) is 10.6 Å². The molecule has 2 amide bonds. The van der Waals surface area contributed by atoms with E-state index in [0.29, 0.717) is 12.0 Å². The predicted octanol–water partition coefficient (Wildman–Crippen LogP) is 1.29. The molecule has 0 bridgehead atoms. The Labute approximate surface area is 95.0 Å². The van der Waals surface area contributed by atoms with Gasteiger partial charge < -0.3 is 10.6 Å². The van der Waals surface area contributed by atoms with E-state index >= 15 is 0 Å². The van der Waals surface area contributed by atoms with Crippen LogP contribution in [0.15, 0.2) is 30.3 Å². The van der Waals surface area contributed by atoms with Crippen molar-refractivity contribution in [2.45, 2.75) is 19.8 Å². The van der Waals surface area contributed by atoms with E-state index in [-0.39, 0.29) is 18.5 Å². The fourth-order valence-electron chi connectivity index (χ4n) is 1.23. The van der Waals surface area contributed by atoms with E-state index in [1.54, 1.807) is 24.3 Å². The Balaban J connectivity index is 2.29. The molecule has 0 atom stereocenters. The van der Waals surface area contributed by atoms with Gasteiger partial charge in [0.2, 0.25) is 5.91 Å². The molecule has 1 aromatic carbocycles. The third kappa shape index (κ3) is 4.13. The number of hydrogen-bond acceptors (Lipinski definition) is 2. The molecule has 4 heteroatoms. The van der Waals surface area contributed by atoms with Crippen molar-refractivity contribution in [1.29, 1.82) is 0 Å². The van der Waals surface area contributed by atoms with E-state index in [9.17, 15) is 9.59 Å². The quantitative estimate of drug-likeness (QED) is 0.735.